The summed E-state index contributed by atoms with van der Waals surface area (Å²) in [6, 6.07) is 16.5. The first-order chi connectivity index (χ1) is 16.3. The summed E-state index contributed by atoms with van der Waals surface area (Å²) in [7, 11) is 1.64. The Morgan fingerprint density at radius 1 is 1.18 bits per heavy atom. The zero-order valence-electron chi connectivity index (χ0n) is 20.0. The van der Waals surface area contributed by atoms with E-state index >= 15 is 0 Å². The molecule has 34 heavy (non-hydrogen) atoms. The summed E-state index contributed by atoms with van der Waals surface area (Å²) >= 11 is 3.96. The van der Waals surface area contributed by atoms with Crippen molar-refractivity contribution < 1.29 is 9.47 Å². The van der Waals surface area contributed by atoms with Crippen LogP contribution in [0.3, 0.4) is 0 Å². The minimum Gasteiger partial charge on any atom is -0.493 e. The average molecular weight is 585 g/mol. The molecule has 0 spiro atoms. The molecule has 0 radical (unpaired) electrons. The van der Waals surface area contributed by atoms with Gasteiger partial charge in [-0.2, -0.15) is 5.26 Å². The Morgan fingerprint density at radius 3 is 2.62 bits per heavy atom. The van der Waals surface area contributed by atoms with E-state index < -0.39 is 0 Å². The van der Waals surface area contributed by atoms with E-state index in [1.807, 2.05) is 24.4 Å². The molecule has 1 aromatic heterocycles. The zero-order valence-corrected chi connectivity index (χ0v) is 23.0. The van der Waals surface area contributed by atoms with Crippen LogP contribution in [-0.4, -0.2) is 13.3 Å². The molecule has 0 saturated heterocycles. The lowest BCUT2D eigenvalue weighted by Gasteiger charge is -2.33. The van der Waals surface area contributed by atoms with Crippen molar-refractivity contribution in [2.45, 2.75) is 46.6 Å². The van der Waals surface area contributed by atoms with E-state index in [-0.39, 0.29) is 5.41 Å². The molecule has 4 nitrogen and oxygen atoms in total. The number of methoxy groups -OCH3 is 1. The quantitative estimate of drug-likeness (QED) is 0.220. The lowest BCUT2D eigenvalue weighted by atomic mass is 9.72. The summed E-state index contributed by atoms with van der Waals surface area (Å²) in [6.45, 7) is 7.40. The van der Waals surface area contributed by atoms with Gasteiger partial charge in [-0.25, -0.2) is 4.99 Å². The molecule has 4 rings (SSSR count). The summed E-state index contributed by atoms with van der Waals surface area (Å²) in [6.07, 6.45) is 4.94. The minimum atomic E-state index is 0.275. The predicted octanol–water partition coefficient (Wildman–Crippen LogP) is 7.71. The number of aliphatic imine (C=N–C) groups is 1. The number of benzene rings is 2. The third kappa shape index (κ3) is 5.64. The van der Waals surface area contributed by atoms with Crippen molar-refractivity contribution in [2.75, 3.05) is 7.11 Å². The topological polar surface area (TPSA) is 54.6 Å². The molecule has 1 heterocycles. The highest BCUT2D eigenvalue weighted by molar-refractivity contribution is 14.1. The van der Waals surface area contributed by atoms with Crippen LogP contribution in [0.5, 0.6) is 11.5 Å². The van der Waals surface area contributed by atoms with Crippen LogP contribution < -0.4 is 9.47 Å². The number of hydrogen-bond donors (Lipinski definition) is 0. The highest BCUT2D eigenvalue weighted by Gasteiger charge is 2.32. The molecule has 1 atom stereocenters. The average Bonchev–Trinajstić information content (AvgIpc) is 3.18. The fourth-order valence-electron chi connectivity index (χ4n) is 4.28. The second kappa shape index (κ2) is 10.5. The van der Waals surface area contributed by atoms with E-state index in [4.69, 9.17) is 14.5 Å². The summed E-state index contributed by atoms with van der Waals surface area (Å²) in [5.41, 5.74) is 4.23. The third-order valence-electron chi connectivity index (χ3n) is 6.41. The van der Waals surface area contributed by atoms with Gasteiger partial charge in [0, 0.05) is 14.7 Å². The molecule has 0 unspecified atom stereocenters. The number of ether oxygens (including phenoxy) is 2. The van der Waals surface area contributed by atoms with Crippen LogP contribution in [0.1, 0.15) is 54.3 Å². The van der Waals surface area contributed by atoms with Crippen LogP contribution in [-0.2, 0) is 19.4 Å². The largest absolute Gasteiger partial charge is 0.493 e. The van der Waals surface area contributed by atoms with Crippen molar-refractivity contribution in [2.24, 2.45) is 16.3 Å². The Kier molecular flexibility index (Phi) is 7.63. The monoisotopic (exact) mass is 584 g/mol. The van der Waals surface area contributed by atoms with E-state index in [1.165, 1.54) is 14.0 Å². The molecular weight excluding hydrogens is 555 g/mol. The van der Waals surface area contributed by atoms with Gasteiger partial charge in [-0.05, 0) is 100 Å². The molecule has 6 heteroatoms. The SMILES string of the molecule is COc1cc(C=Nc2sc3c(c2C#N)CC[C@H](C(C)(C)C)C3)ccc1OCc1ccc(I)cc1. The fraction of sp³-hybridized carbons (Fsp3) is 0.357. The van der Waals surface area contributed by atoms with Crippen molar-refractivity contribution >= 4 is 45.1 Å². The number of rotatable bonds is 6. The number of halogens is 1. The molecule has 0 N–H and O–H groups in total. The van der Waals surface area contributed by atoms with Crippen molar-refractivity contribution in [1.29, 1.82) is 5.26 Å². The van der Waals surface area contributed by atoms with Crippen molar-refractivity contribution in [1.82, 2.24) is 0 Å². The second-order valence-electron chi connectivity index (χ2n) is 9.69. The van der Waals surface area contributed by atoms with E-state index in [2.05, 4.69) is 73.7 Å². The highest BCUT2D eigenvalue weighted by Crippen LogP contribution is 2.45. The lowest BCUT2D eigenvalue weighted by molar-refractivity contribution is 0.218. The Bertz CT molecular complexity index is 1230. The fourth-order valence-corrected chi connectivity index (χ4v) is 5.86. The van der Waals surface area contributed by atoms with Gasteiger partial charge in [-0.15, -0.1) is 11.3 Å². The minimum absolute atomic E-state index is 0.275. The standard InChI is InChI=1S/C28H29IN2O2S/c1-28(2,3)20-8-11-22-23(15-30)27(34-26(22)14-20)31-16-19-7-12-24(25(13-19)32-4)33-17-18-5-9-21(29)10-6-18/h5-7,9-10,12-13,16,20H,8,11,14,17H2,1-4H3/t20-/m0/s1. The van der Waals surface area contributed by atoms with Gasteiger partial charge in [0.1, 0.15) is 17.7 Å². The molecule has 1 aliphatic carbocycles. The van der Waals surface area contributed by atoms with Gasteiger partial charge in [0.05, 0.1) is 12.7 Å². The first-order valence-electron chi connectivity index (χ1n) is 11.4. The number of thiophene rings is 1. The molecule has 176 valence electrons. The normalized spacial score (nSPS) is 15.7. The molecule has 0 fully saturated rings. The molecule has 0 amide bonds. The second-order valence-corrected chi connectivity index (χ2v) is 12.0. The van der Waals surface area contributed by atoms with Crippen molar-refractivity contribution in [3.05, 3.63) is 73.2 Å². The maximum Gasteiger partial charge on any atom is 0.161 e. The molecule has 2 aromatic carbocycles. The third-order valence-corrected chi connectivity index (χ3v) is 8.29. The Morgan fingerprint density at radius 2 is 1.94 bits per heavy atom. The number of fused-ring (bicyclic) bond motifs is 1. The van der Waals surface area contributed by atoms with E-state index in [0.717, 1.165) is 41.0 Å². The maximum atomic E-state index is 9.82. The summed E-state index contributed by atoms with van der Waals surface area (Å²) in [5, 5.41) is 10.6. The summed E-state index contributed by atoms with van der Waals surface area (Å²) in [4.78, 5) is 6.05. The highest BCUT2D eigenvalue weighted by atomic mass is 127. The van der Waals surface area contributed by atoms with Crippen LogP contribution in [0, 0.1) is 26.2 Å². The molecule has 0 bridgehead atoms. The zero-order chi connectivity index (χ0) is 24.3. The molecular formula is C28H29IN2O2S. The van der Waals surface area contributed by atoms with Crippen LogP contribution in [0.2, 0.25) is 0 Å². The van der Waals surface area contributed by atoms with Gasteiger partial charge in [-0.1, -0.05) is 32.9 Å². The smallest absolute Gasteiger partial charge is 0.161 e. The Labute approximate surface area is 219 Å². The van der Waals surface area contributed by atoms with Gasteiger partial charge in [0.2, 0.25) is 0 Å². The van der Waals surface area contributed by atoms with Crippen LogP contribution in [0.4, 0.5) is 5.00 Å². The lowest BCUT2D eigenvalue weighted by Crippen LogP contribution is -2.26. The first kappa shape index (κ1) is 24.7. The van der Waals surface area contributed by atoms with Crippen molar-refractivity contribution in [3.8, 4) is 17.6 Å². The van der Waals surface area contributed by atoms with E-state index in [9.17, 15) is 5.26 Å². The molecule has 0 aliphatic heterocycles. The number of nitrogens with zero attached hydrogens (tertiary/aromatic N) is 2. The number of nitriles is 1. The van der Waals surface area contributed by atoms with Gasteiger partial charge in [-0.3, -0.25) is 0 Å². The van der Waals surface area contributed by atoms with Crippen LogP contribution >= 0.6 is 33.9 Å². The summed E-state index contributed by atoms with van der Waals surface area (Å²) < 4.78 is 12.7. The van der Waals surface area contributed by atoms with Gasteiger partial charge in [0.15, 0.2) is 11.5 Å². The molecule has 0 saturated carbocycles. The van der Waals surface area contributed by atoms with E-state index in [1.54, 1.807) is 18.4 Å². The Hall–Kier alpha value is -2.37. The maximum absolute atomic E-state index is 9.82. The van der Waals surface area contributed by atoms with Crippen LogP contribution in [0.15, 0.2) is 47.5 Å². The van der Waals surface area contributed by atoms with Crippen LogP contribution in [0.25, 0.3) is 0 Å². The first-order valence-corrected chi connectivity index (χ1v) is 13.3. The predicted molar refractivity (Wildman–Crippen MR) is 148 cm³/mol. The summed E-state index contributed by atoms with van der Waals surface area (Å²) in [5.74, 6) is 1.99. The van der Waals surface area contributed by atoms with Gasteiger partial charge >= 0.3 is 0 Å². The van der Waals surface area contributed by atoms with Gasteiger partial charge < -0.3 is 9.47 Å². The van der Waals surface area contributed by atoms with Crippen molar-refractivity contribution in [3.63, 3.8) is 0 Å². The number of hydrogen-bond acceptors (Lipinski definition) is 5. The molecule has 1 aliphatic rings. The van der Waals surface area contributed by atoms with E-state index in [0.29, 0.717) is 24.0 Å². The molecule has 3 aromatic rings. The van der Waals surface area contributed by atoms with Gasteiger partial charge in [0.25, 0.3) is 0 Å². The Balaban J connectivity index is 1.51.